The van der Waals surface area contributed by atoms with Gasteiger partial charge in [-0.25, -0.2) is 4.98 Å². The van der Waals surface area contributed by atoms with Crippen LogP contribution in [0.3, 0.4) is 0 Å². The Labute approximate surface area is 107 Å². The second-order valence-electron chi connectivity index (χ2n) is 5.16. The highest BCUT2D eigenvalue weighted by Gasteiger charge is 2.17. The van der Waals surface area contributed by atoms with E-state index in [2.05, 4.69) is 43.3 Å². The Morgan fingerprint density at radius 3 is 2.29 bits per heavy atom. The van der Waals surface area contributed by atoms with Gasteiger partial charge in [0.05, 0.1) is 5.69 Å². The fourth-order valence-corrected chi connectivity index (χ4v) is 2.57. The van der Waals surface area contributed by atoms with Crippen molar-refractivity contribution in [2.45, 2.75) is 32.7 Å². The Balaban J connectivity index is 2.30. The van der Waals surface area contributed by atoms with Gasteiger partial charge >= 0.3 is 0 Å². The summed E-state index contributed by atoms with van der Waals surface area (Å²) in [5.41, 5.74) is 10.7. The van der Waals surface area contributed by atoms with E-state index >= 15 is 0 Å². The molecule has 1 N–H and O–H groups in total. The standard InChI is InChI=1S/C14H17N2S/c1-14(2,3)12-9-17-13(16-12)11-6-4-10(8-15)5-7-11/h4-7,9,15H,8H2,1-3H3. The summed E-state index contributed by atoms with van der Waals surface area (Å²) in [6.07, 6.45) is 0. The van der Waals surface area contributed by atoms with Crippen LogP contribution in [-0.4, -0.2) is 4.98 Å². The highest BCUT2D eigenvalue weighted by atomic mass is 32.1. The Kier molecular flexibility index (Phi) is 3.31. The molecule has 0 saturated heterocycles. The first-order valence-electron chi connectivity index (χ1n) is 5.70. The molecule has 0 unspecified atom stereocenters. The number of nitrogens with zero attached hydrogens (tertiary/aromatic N) is 1. The molecule has 2 nitrogen and oxygen atoms in total. The fraction of sp³-hybridized carbons (Fsp3) is 0.357. The van der Waals surface area contributed by atoms with Crippen LogP contribution >= 0.6 is 11.3 Å². The summed E-state index contributed by atoms with van der Waals surface area (Å²) in [6, 6.07) is 8.10. The topological polar surface area (TPSA) is 36.7 Å². The third kappa shape index (κ3) is 2.73. The van der Waals surface area contributed by atoms with Crippen molar-refractivity contribution < 1.29 is 0 Å². The van der Waals surface area contributed by atoms with Crippen LogP contribution in [0.25, 0.3) is 10.6 Å². The van der Waals surface area contributed by atoms with E-state index in [-0.39, 0.29) is 5.41 Å². The predicted molar refractivity (Wildman–Crippen MR) is 73.1 cm³/mol. The molecule has 17 heavy (non-hydrogen) atoms. The molecule has 2 aromatic rings. The number of thiazole rings is 1. The first-order valence-corrected chi connectivity index (χ1v) is 6.58. The zero-order valence-electron chi connectivity index (χ0n) is 10.4. The molecular formula is C14H17N2S. The van der Waals surface area contributed by atoms with E-state index in [0.29, 0.717) is 6.54 Å². The predicted octanol–water partition coefficient (Wildman–Crippen LogP) is 3.89. The molecule has 89 valence electrons. The number of nitrogens with one attached hydrogen (secondary N) is 1. The monoisotopic (exact) mass is 245 g/mol. The van der Waals surface area contributed by atoms with Crippen LogP contribution in [-0.2, 0) is 12.0 Å². The minimum Gasteiger partial charge on any atom is -0.253 e. The van der Waals surface area contributed by atoms with Crippen molar-refractivity contribution in [3.05, 3.63) is 40.9 Å². The van der Waals surface area contributed by atoms with Crippen LogP contribution in [0.5, 0.6) is 0 Å². The maximum Gasteiger partial charge on any atom is 0.123 e. The van der Waals surface area contributed by atoms with Crippen LogP contribution in [0.1, 0.15) is 32.0 Å². The van der Waals surface area contributed by atoms with E-state index in [0.717, 1.165) is 21.8 Å². The van der Waals surface area contributed by atoms with Gasteiger partial charge in [-0.05, 0) is 5.56 Å². The number of hydrogen-bond donors (Lipinski definition) is 0. The van der Waals surface area contributed by atoms with Crippen LogP contribution in [0, 0.1) is 0 Å². The molecule has 0 atom stereocenters. The van der Waals surface area contributed by atoms with Crippen LogP contribution in [0.2, 0.25) is 0 Å². The second kappa shape index (κ2) is 4.59. The van der Waals surface area contributed by atoms with Crippen molar-refractivity contribution in [3.63, 3.8) is 0 Å². The van der Waals surface area contributed by atoms with Gasteiger partial charge in [-0.1, -0.05) is 45.0 Å². The molecule has 0 spiro atoms. The van der Waals surface area contributed by atoms with Gasteiger partial charge in [0.2, 0.25) is 0 Å². The summed E-state index contributed by atoms with van der Waals surface area (Å²) in [4.78, 5) is 4.68. The van der Waals surface area contributed by atoms with Gasteiger partial charge in [0, 0.05) is 22.9 Å². The van der Waals surface area contributed by atoms with Gasteiger partial charge in [0.1, 0.15) is 5.01 Å². The van der Waals surface area contributed by atoms with Gasteiger partial charge in [-0.2, -0.15) is 0 Å². The number of hydrogen-bond acceptors (Lipinski definition) is 2. The summed E-state index contributed by atoms with van der Waals surface area (Å²) in [5.74, 6) is 0. The Morgan fingerprint density at radius 1 is 1.18 bits per heavy atom. The van der Waals surface area contributed by atoms with E-state index in [9.17, 15) is 0 Å². The first-order chi connectivity index (χ1) is 8.00. The summed E-state index contributed by atoms with van der Waals surface area (Å²) in [6.45, 7) is 6.87. The quantitative estimate of drug-likeness (QED) is 0.790. The van der Waals surface area contributed by atoms with Crippen LogP contribution in [0.4, 0.5) is 0 Å². The maximum atomic E-state index is 7.29. The molecule has 0 fully saturated rings. The molecular weight excluding hydrogens is 228 g/mol. The molecule has 1 aromatic heterocycles. The summed E-state index contributed by atoms with van der Waals surface area (Å²) in [5, 5.41) is 3.19. The summed E-state index contributed by atoms with van der Waals surface area (Å²) in [7, 11) is 0. The van der Waals surface area contributed by atoms with Crippen LogP contribution in [0.15, 0.2) is 29.6 Å². The Hall–Kier alpha value is -1.19. The molecule has 3 heteroatoms. The van der Waals surface area contributed by atoms with E-state index < -0.39 is 0 Å². The number of rotatable bonds is 2. The molecule has 0 saturated carbocycles. The molecule has 0 aliphatic carbocycles. The van der Waals surface area contributed by atoms with Crippen molar-refractivity contribution in [2.24, 2.45) is 0 Å². The molecule has 0 aliphatic rings. The maximum absolute atomic E-state index is 7.29. The first kappa shape index (κ1) is 12.3. The van der Waals surface area contributed by atoms with Crippen molar-refractivity contribution in [1.82, 2.24) is 10.7 Å². The Bertz CT molecular complexity index is 492. The molecule has 0 amide bonds. The molecule has 1 radical (unpaired) electrons. The van der Waals surface area contributed by atoms with Crippen molar-refractivity contribution >= 4 is 11.3 Å². The van der Waals surface area contributed by atoms with Crippen LogP contribution < -0.4 is 5.73 Å². The molecule has 1 heterocycles. The smallest absolute Gasteiger partial charge is 0.123 e. The zero-order valence-corrected chi connectivity index (χ0v) is 11.3. The third-order valence-electron chi connectivity index (χ3n) is 2.68. The largest absolute Gasteiger partial charge is 0.253 e. The molecule has 0 aliphatic heterocycles. The summed E-state index contributed by atoms with van der Waals surface area (Å²) >= 11 is 1.68. The highest BCUT2D eigenvalue weighted by molar-refractivity contribution is 7.13. The lowest BCUT2D eigenvalue weighted by atomic mass is 9.93. The van der Waals surface area contributed by atoms with Gasteiger partial charge in [0.15, 0.2) is 0 Å². The van der Waals surface area contributed by atoms with Gasteiger partial charge in [-0.15, -0.1) is 11.3 Å². The number of aromatic nitrogens is 1. The molecule has 2 rings (SSSR count). The lowest BCUT2D eigenvalue weighted by molar-refractivity contribution is 0.573. The average molecular weight is 245 g/mol. The van der Waals surface area contributed by atoms with Crippen molar-refractivity contribution in [2.75, 3.05) is 0 Å². The third-order valence-corrected chi connectivity index (χ3v) is 3.57. The fourth-order valence-electron chi connectivity index (χ4n) is 1.52. The lowest BCUT2D eigenvalue weighted by Gasteiger charge is -2.14. The van der Waals surface area contributed by atoms with Crippen molar-refractivity contribution in [3.8, 4) is 10.6 Å². The SMILES string of the molecule is CC(C)(C)c1csc(-c2ccc(C[NH])cc2)n1. The van der Waals surface area contributed by atoms with E-state index in [1.807, 2.05) is 12.1 Å². The Morgan fingerprint density at radius 2 is 1.82 bits per heavy atom. The van der Waals surface area contributed by atoms with E-state index in [4.69, 9.17) is 5.73 Å². The van der Waals surface area contributed by atoms with Gasteiger partial charge < -0.3 is 0 Å². The highest BCUT2D eigenvalue weighted by Crippen LogP contribution is 2.29. The molecule has 0 bridgehead atoms. The van der Waals surface area contributed by atoms with E-state index in [1.54, 1.807) is 11.3 Å². The van der Waals surface area contributed by atoms with Gasteiger partial charge in [-0.3, -0.25) is 5.73 Å². The summed E-state index contributed by atoms with van der Waals surface area (Å²) < 4.78 is 0. The van der Waals surface area contributed by atoms with Gasteiger partial charge in [0.25, 0.3) is 0 Å². The second-order valence-corrected chi connectivity index (χ2v) is 6.02. The van der Waals surface area contributed by atoms with E-state index in [1.165, 1.54) is 0 Å². The van der Waals surface area contributed by atoms with Crippen molar-refractivity contribution in [1.29, 1.82) is 0 Å². The normalized spacial score (nSPS) is 11.8. The minimum absolute atomic E-state index is 0.107. The lowest BCUT2D eigenvalue weighted by Crippen LogP contribution is -2.11. The average Bonchev–Trinajstić information content (AvgIpc) is 2.78. The number of benzene rings is 1. The molecule has 1 aromatic carbocycles. The minimum atomic E-state index is 0.107. The zero-order chi connectivity index (χ0) is 12.5.